The van der Waals surface area contributed by atoms with Crippen LogP contribution in [0.2, 0.25) is 0 Å². The maximum absolute atomic E-state index is 11.6. The molecule has 2 heterocycles. The van der Waals surface area contributed by atoms with E-state index >= 15 is 0 Å². The van der Waals surface area contributed by atoms with E-state index in [9.17, 15) is 9.59 Å². The fourth-order valence-corrected chi connectivity index (χ4v) is 2.20. The molecule has 1 saturated heterocycles. The van der Waals surface area contributed by atoms with Gasteiger partial charge in [0.15, 0.2) is 0 Å². The first-order chi connectivity index (χ1) is 9.35. The highest BCUT2D eigenvalue weighted by atomic mass is 32.3. The van der Waals surface area contributed by atoms with Crippen molar-refractivity contribution >= 4 is 10.8 Å². The molecule has 20 heavy (non-hydrogen) atoms. The van der Waals surface area contributed by atoms with E-state index in [4.69, 9.17) is 18.7 Å². The molecule has 114 valence electrons. The first-order valence-corrected chi connectivity index (χ1v) is 7.89. The molecule has 0 bridgehead atoms. The van der Waals surface area contributed by atoms with Crippen molar-refractivity contribution < 1.29 is 18.7 Å². The Morgan fingerprint density at radius 2 is 2.30 bits per heavy atom. The lowest BCUT2D eigenvalue weighted by molar-refractivity contribution is -0.0539. The second-order valence-corrected chi connectivity index (χ2v) is 6.37. The Kier molecular flexibility index (Phi) is 4.62. The third-order valence-corrected chi connectivity index (χ3v) is 3.17. The fraction of sp³-hybridized carbons (Fsp3) is 0.600. The molecule has 1 aromatic rings. The van der Waals surface area contributed by atoms with Crippen molar-refractivity contribution in [2.75, 3.05) is 12.9 Å². The van der Waals surface area contributed by atoms with Crippen LogP contribution in [0.4, 0.5) is 0 Å². The van der Waals surface area contributed by atoms with Crippen LogP contribution in [0.1, 0.15) is 19.1 Å². The second-order valence-electron chi connectivity index (χ2n) is 4.54. The third-order valence-electron chi connectivity index (χ3n) is 2.73. The molecule has 10 heteroatoms. The molecule has 0 aromatic carbocycles. The van der Waals surface area contributed by atoms with Gasteiger partial charge in [-0.25, -0.2) is 4.79 Å². The van der Waals surface area contributed by atoms with Gasteiger partial charge in [-0.3, -0.25) is 28.3 Å². The van der Waals surface area contributed by atoms with E-state index < -0.39 is 28.3 Å². The molecular weight excluding hydrogens is 290 g/mol. The SMILES string of the molecule is CS(O)(O)NOCC1CCC(n2ccc(=O)[nH]c2=O)O1. The summed E-state index contributed by atoms with van der Waals surface area (Å²) < 4.78 is 25.0. The van der Waals surface area contributed by atoms with Gasteiger partial charge in [-0.05, 0) is 12.8 Å². The van der Waals surface area contributed by atoms with E-state index in [0.29, 0.717) is 12.8 Å². The number of H-pyrrole nitrogens is 1. The summed E-state index contributed by atoms with van der Waals surface area (Å²) in [6, 6.07) is 1.25. The summed E-state index contributed by atoms with van der Waals surface area (Å²) in [7, 11) is -2.92. The summed E-state index contributed by atoms with van der Waals surface area (Å²) in [4.78, 5) is 31.8. The van der Waals surface area contributed by atoms with Gasteiger partial charge in [0.1, 0.15) is 6.23 Å². The molecule has 0 amide bonds. The molecule has 0 radical (unpaired) electrons. The van der Waals surface area contributed by atoms with Crippen molar-refractivity contribution in [3.63, 3.8) is 0 Å². The van der Waals surface area contributed by atoms with E-state index in [-0.39, 0.29) is 12.7 Å². The topological polar surface area (TPSA) is 126 Å². The van der Waals surface area contributed by atoms with Crippen LogP contribution in [0.15, 0.2) is 21.9 Å². The minimum atomic E-state index is -2.92. The molecule has 9 nitrogen and oxygen atoms in total. The minimum absolute atomic E-state index is 0.123. The molecule has 2 atom stereocenters. The summed E-state index contributed by atoms with van der Waals surface area (Å²) in [5.41, 5.74) is -0.980. The molecule has 2 rings (SSSR count). The van der Waals surface area contributed by atoms with Crippen molar-refractivity contribution in [3.05, 3.63) is 33.1 Å². The third kappa shape index (κ3) is 4.16. The second kappa shape index (κ2) is 6.08. The molecule has 1 fully saturated rings. The van der Waals surface area contributed by atoms with E-state index in [1.165, 1.54) is 23.1 Å². The maximum Gasteiger partial charge on any atom is 0.330 e. The van der Waals surface area contributed by atoms with Gasteiger partial charge in [0.2, 0.25) is 0 Å². The van der Waals surface area contributed by atoms with E-state index in [1.54, 1.807) is 0 Å². The molecule has 1 aromatic heterocycles. The Morgan fingerprint density at radius 3 is 2.95 bits per heavy atom. The van der Waals surface area contributed by atoms with Crippen LogP contribution in [0.3, 0.4) is 0 Å². The van der Waals surface area contributed by atoms with E-state index in [2.05, 4.69) is 9.87 Å². The lowest BCUT2D eigenvalue weighted by Crippen LogP contribution is -2.32. The fourth-order valence-electron chi connectivity index (χ4n) is 1.91. The highest BCUT2D eigenvalue weighted by Crippen LogP contribution is 2.29. The number of aromatic nitrogens is 2. The molecule has 0 saturated carbocycles. The van der Waals surface area contributed by atoms with E-state index in [1.807, 2.05) is 0 Å². The zero-order valence-electron chi connectivity index (χ0n) is 10.8. The lowest BCUT2D eigenvalue weighted by Gasteiger charge is -2.27. The van der Waals surface area contributed by atoms with Crippen LogP contribution in [0.25, 0.3) is 0 Å². The van der Waals surface area contributed by atoms with Gasteiger partial charge in [0.25, 0.3) is 5.56 Å². The predicted molar refractivity (Wildman–Crippen MR) is 72.3 cm³/mol. The quantitative estimate of drug-likeness (QED) is 0.565. The normalized spacial score (nSPS) is 23.9. The average Bonchev–Trinajstić information content (AvgIpc) is 2.75. The van der Waals surface area contributed by atoms with Crippen molar-refractivity contribution in [2.45, 2.75) is 25.2 Å². The van der Waals surface area contributed by atoms with Crippen LogP contribution in [0.5, 0.6) is 0 Å². The van der Waals surface area contributed by atoms with Crippen LogP contribution in [0, 0.1) is 0 Å². The highest BCUT2D eigenvalue weighted by molar-refractivity contribution is 8.21. The molecule has 0 spiro atoms. The summed E-state index contributed by atoms with van der Waals surface area (Å²) >= 11 is 0. The molecule has 2 unspecified atom stereocenters. The summed E-state index contributed by atoms with van der Waals surface area (Å²) in [5.74, 6) is 0. The van der Waals surface area contributed by atoms with Gasteiger partial charge >= 0.3 is 5.69 Å². The van der Waals surface area contributed by atoms with Crippen LogP contribution in [-0.2, 0) is 9.57 Å². The van der Waals surface area contributed by atoms with Gasteiger partial charge in [-0.1, -0.05) is 4.89 Å². The minimum Gasteiger partial charge on any atom is -0.352 e. The summed E-state index contributed by atoms with van der Waals surface area (Å²) in [6.45, 7) is 0.123. The molecule has 4 N–H and O–H groups in total. The zero-order chi connectivity index (χ0) is 14.8. The van der Waals surface area contributed by atoms with Gasteiger partial charge in [0, 0.05) is 18.5 Å². The van der Waals surface area contributed by atoms with E-state index in [0.717, 1.165) is 0 Å². The monoisotopic (exact) mass is 307 g/mol. The van der Waals surface area contributed by atoms with Gasteiger partial charge in [-0.15, -0.1) is 10.8 Å². The van der Waals surface area contributed by atoms with Crippen LogP contribution < -0.4 is 16.1 Å². The van der Waals surface area contributed by atoms with Crippen molar-refractivity contribution in [3.8, 4) is 0 Å². The number of hydrogen-bond donors (Lipinski definition) is 4. The Morgan fingerprint density at radius 1 is 1.55 bits per heavy atom. The first-order valence-electron chi connectivity index (χ1n) is 5.94. The van der Waals surface area contributed by atoms with Crippen LogP contribution in [-0.4, -0.2) is 37.6 Å². The Bertz CT molecular complexity index is 565. The maximum atomic E-state index is 11.6. The number of ether oxygens (including phenoxy) is 1. The smallest absolute Gasteiger partial charge is 0.330 e. The number of hydrogen-bond acceptors (Lipinski definition) is 7. The molecule has 0 aliphatic carbocycles. The van der Waals surface area contributed by atoms with Crippen molar-refractivity contribution in [1.29, 1.82) is 0 Å². The first kappa shape index (κ1) is 15.2. The van der Waals surface area contributed by atoms with Crippen LogP contribution >= 0.6 is 10.8 Å². The molecule has 1 aliphatic rings. The predicted octanol–water partition coefficient (Wildman–Crippen LogP) is 0.0308. The average molecular weight is 307 g/mol. The Hall–Kier alpha value is -1.17. The number of nitrogens with zero attached hydrogens (tertiary/aromatic N) is 1. The Labute approximate surface area is 116 Å². The summed E-state index contributed by atoms with van der Waals surface area (Å²) in [6.07, 6.45) is 3.10. The zero-order valence-corrected chi connectivity index (χ0v) is 11.6. The highest BCUT2D eigenvalue weighted by Gasteiger charge is 2.27. The Balaban J connectivity index is 1.89. The molecular formula is C10H17N3O6S. The van der Waals surface area contributed by atoms with Gasteiger partial charge in [-0.2, -0.15) is 0 Å². The van der Waals surface area contributed by atoms with Crippen molar-refractivity contribution in [1.82, 2.24) is 14.4 Å². The standard InChI is InChI=1S/C10H17N3O6S/c1-20(16,17)12-18-6-7-2-3-9(19-7)13-5-4-8(14)11-10(13)15/h4-5,7,9,12,16-17H,2-3,6H2,1H3,(H,11,14,15). The van der Waals surface area contributed by atoms with Gasteiger partial charge < -0.3 is 4.74 Å². The number of rotatable bonds is 5. The van der Waals surface area contributed by atoms with Gasteiger partial charge in [0.05, 0.1) is 12.7 Å². The summed E-state index contributed by atoms with van der Waals surface area (Å²) in [5, 5.41) is 0. The lowest BCUT2D eigenvalue weighted by atomic mass is 10.2. The molecule has 1 aliphatic heterocycles. The number of nitrogens with one attached hydrogen (secondary N) is 2. The van der Waals surface area contributed by atoms with Crippen molar-refractivity contribution in [2.24, 2.45) is 0 Å². The largest absolute Gasteiger partial charge is 0.352 e. The number of aromatic amines is 1.